The molecular weight excluding hydrogens is 410 g/mol. The summed E-state index contributed by atoms with van der Waals surface area (Å²) in [4.78, 5) is 44.9. The SMILES string of the molecule is COc1ccc2c(c1OC)C(=O)N1c3ccccc3C(=O)N(CCC(=O)N3CCCC3)C21. The molecule has 0 saturated carbocycles. The fourth-order valence-electron chi connectivity index (χ4n) is 4.99. The Bertz CT molecular complexity index is 1110. The van der Waals surface area contributed by atoms with Gasteiger partial charge < -0.3 is 19.3 Å². The minimum Gasteiger partial charge on any atom is -0.493 e. The molecule has 2 aromatic carbocycles. The van der Waals surface area contributed by atoms with Gasteiger partial charge in [-0.05, 0) is 31.0 Å². The van der Waals surface area contributed by atoms with Crippen LogP contribution in [0.2, 0.25) is 0 Å². The highest BCUT2D eigenvalue weighted by atomic mass is 16.5. The maximum absolute atomic E-state index is 13.6. The van der Waals surface area contributed by atoms with Crippen LogP contribution in [0.1, 0.15) is 51.7 Å². The van der Waals surface area contributed by atoms with Gasteiger partial charge in [-0.1, -0.05) is 18.2 Å². The molecular formula is C24H25N3O5. The van der Waals surface area contributed by atoms with E-state index in [9.17, 15) is 14.4 Å². The third-order valence-corrected chi connectivity index (χ3v) is 6.51. The number of hydrogen-bond acceptors (Lipinski definition) is 5. The average molecular weight is 435 g/mol. The molecule has 3 amide bonds. The average Bonchev–Trinajstić information content (AvgIpc) is 3.46. The van der Waals surface area contributed by atoms with Crippen LogP contribution in [-0.2, 0) is 4.79 Å². The standard InChI is InChI=1S/C24H25N3O5/c1-31-18-10-9-16-20(21(18)32-2)24(30)27-17-8-4-3-7-15(17)23(29)26(22(16)27)14-11-19(28)25-12-5-6-13-25/h3-4,7-10,22H,5-6,11-14H2,1-2H3. The topological polar surface area (TPSA) is 79.4 Å². The third kappa shape index (κ3) is 2.93. The van der Waals surface area contributed by atoms with Crippen LogP contribution in [0.3, 0.4) is 0 Å². The van der Waals surface area contributed by atoms with Gasteiger partial charge in [0, 0.05) is 31.6 Å². The highest BCUT2D eigenvalue weighted by molar-refractivity contribution is 6.18. The van der Waals surface area contributed by atoms with Crippen molar-refractivity contribution < 1.29 is 23.9 Å². The van der Waals surface area contributed by atoms with E-state index in [1.54, 1.807) is 40.1 Å². The second-order valence-corrected chi connectivity index (χ2v) is 8.17. The summed E-state index contributed by atoms with van der Waals surface area (Å²) in [6.07, 6.45) is 1.62. The second kappa shape index (κ2) is 7.85. The van der Waals surface area contributed by atoms with E-state index in [0.29, 0.717) is 33.9 Å². The van der Waals surface area contributed by atoms with Crippen molar-refractivity contribution in [1.82, 2.24) is 9.80 Å². The van der Waals surface area contributed by atoms with E-state index in [-0.39, 0.29) is 30.7 Å². The number of nitrogens with zero attached hydrogens (tertiary/aromatic N) is 3. The number of ether oxygens (including phenoxy) is 2. The molecule has 0 bridgehead atoms. The van der Waals surface area contributed by atoms with E-state index in [1.165, 1.54) is 14.2 Å². The molecule has 166 valence electrons. The van der Waals surface area contributed by atoms with Crippen molar-refractivity contribution in [2.45, 2.75) is 25.4 Å². The number of methoxy groups -OCH3 is 2. The Balaban J connectivity index is 1.58. The predicted molar refractivity (Wildman–Crippen MR) is 117 cm³/mol. The van der Waals surface area contributed by atoms with Crippen molar-refractivity contribution in [2.75, 3.05) is 38.8 Å². The van der Waals surface area contributed by atoms with Crippen LogP contribution < -0.4 is 14.4 Å². The van der Waals surface area contributed by atoms with Crippen molar-refractivity contribution >= 4 is 23.4 Å². The number of fused-ring (bicyclic) bond motifs is 5. The number of carbonyl (C=O) groups excluding carboxylic acids is 3. The van der Waals surface area contributed by atoms with Gasteiger partial charge >= 0.3 is 0 Å². The first kappa shape index (κ1) is 20.4. The molecule has 0 N–H and O–H groups in total. The Labute approximate surface area is 186 Å². The van der Waals surface area contributed by atoms with Crippen LogP contribution >= 0.6 is 0 Å². The third-order valence-electron chi connectivity index (χ3n) is 6.51. The molecule has 3 aliphatic rings. The number of likely N-dealkylation sites (tertiary alicyclic amines) is 1. The van der Waals surface area contributed by atoms with E-state index in [1.807, 2.05) is 11.0 Å². The highest BCUT2D eigenvalue weighted by Gasteiger charge is 2.49. The van der Waals surface area contributed by atoms with Gasteiger partial charge in [-0.2, -0.15) is 0 Å². The highest BCUT2D eigenvalue weighted by Crippen LogP contribution is 2.49. The van der Waals surface area contributed by atoms with Crippen LogP contribution in [0.4, 0.5) is 5.69 Å². The fraction of sp³-hybridized carbons (Fsp3) is 0.375. The van der Waals surface area contributed by atoms with Gasteiger partial charge in [0.1, 0.15) is 6.17 Å². The molecule has 32 heavy (non-hydrogen) atoms. The lowest BCUT2D eigenvalue weighted by molar-refractivity contribution is -0.130. The fourth-order valence-corrected chi connectivity index (χ4v) is 4.99. The van der Waals surface area contributed by atoms with Crippen LogP contribution in [0.25, 0.3) is 0 Å². The Kier molecular flexibility index (Phi) is 5.00. The molecule has 2 aromatic rings. The summed E-state index contributed by atoms with van der Waals surface area (Å²) in [5.41, 5.74) is 2.07. The second-order valence-electron chi connectivity index (χ2n) is 8.17. The quantitative estimate of drug-likeness (QED) is 0.722. The molecule has 8 nitrogen and oxygen atoms in total. The van der Waals surface area contributed by atoms with Gasteiger partial charge in [0.05, 0.1) is 31.0 Å². The zero-order chi connectivity index (χ0) is 22.4. The minimum atomic E-state index is -0.633. The molecule has 5 rings (SSSR count). The Morgan fingerprint density at radius 2 is 1.75 bits per heavy atom. The lowest BCUT2D eigenvalue weighted by atomic mass is 10.0. The lowest BCUT2D eigenvalue weighted by Crippen LogP contribution is -2.49. The van der Waals surface area contributed by atoms with Gasteiger partial charge in [0.25, 0.3) is 11.8 Å². The molecule has 0 radical (unpaired) electrons. The Morgan fingerprint density at radius 3 is 2.47 bits per heavy atom. The summed E-state index contributed by atoms with van der Waals surface area (Å²) < 4.78 is 10.9. The van der Waals surface area contributed by atoms with Crippen molar-refractivity contribution in [3.63, 3.8) is 0 Å². The molecule has 8 heteroatoms. The summed E-state index contributed by atoms with van der Waals surface area (Å²) >= 11 is 0. The maximum Gasteiger partial charge on any atom is 0.264 e. The van der Waals surface area contributed by atoms with E-state index < -0.39 is 6.17 Å². The number of anilines is 1. The molecule has 1 fully saturated rings. The van der Waals surface area contributed by atoms with E-state index in [0.717, 1.165) is 25.9 Å². The van der Waals surface area contributed by atoms with Crippen LogP contribution in [-0.4, -0.2) is 61.4 Å². The number of benzene rings is 2. The van der Waals surface area contributed by atoms with E-state index in [4.69, 9.17) is 9.47 Å². The normalized spacial score (nSPS) is 19.1. The number of rotatable bonds is 5. The van der Waals surface area contributed by atoms with Gasteiger partial charge in [0.2, 0.25) is 5.91 Å². The summed E-state index contributed by atoms with van der Waals surface area (Å²) in [5, 5.41) is 0. The largest absolute Gasteiger partial charge is 0.493 e. The van der Waals surface area contributed by atoms with Gasteiger partial charge in [-0.15, -0.1) is 0 Å². The van der Waals surface area contributed by atoms with Gasteiger partial charge in [-0.25, -0.2) is 0 Å². The van der Waals surface area contributed by atoms with Gasteiger partial charge in [0.15, 0.2) is 11.5 Å². The molecule has 3 aliphatic heterocycles. The van der Waals surface area contributed by atoms with Crippen LogP contribution in [0.15, 0.2) is 36.4 Å². The first-order valence-corrected chi connectivity index (χ1v) is 10.8. The smallest absolute Gasteiger partial charge is 0.264 e. The molecule has 1 saturated heterocycles. The number of para-hydroxylation sites is 1. The summed E-state index contributed by atoms with van der Waals surface area (Å²) in [6, 6.07) is 10.6. The van der Waals surface area contributed by atoms with Crippen molar-refractivity contribution in [3.05, 3.63) is 53.1 Å². The number of carbonyl (C=O) groups is 3. The molecule has 0 aliphatic carbocycles. The maximum atomic E-state index is 13.6. The van der Waals surface area contributed by atoms with Crippen LogP contribution in [0, 0.1) is 0 Å². The minimum absolute atomic E-state index is 0.0394. The molecule has 3 heterocycles. The predicted octanol–water partition coefficient (Wildman–Crippen LogP) is 2.83. The molecule has 0 aromatic heterocycles. The summed E-state index contributed by atoms with van der Waals surface area (Å²) in [6.45, 7) is 1.76. The summed E-state index contributed by atoms with van der Waals surface area (Å²) in [5.74, 6) is 0.401. The Hall–Kier alpha value is -3.55. The Morgan fingerprint density at radius 1 is 1.00 bits per heavy atom. The lowest BCUT2D eigenvalue weighted by Gasteiger charge is -2.41. The van der Waals surface area contributed by atoms with Crippen molar-refractivity contribution in [1.29, 1.82) is 0 Å². The van der Waals surface area contributed by atoms with Crippen LogP contribution in [0.5, 0.6) is 11.5 Å². The molecule has 1 atom stereocenters. The van der Waals surface area contributed by atoms with Gasteiger partial charge in [-0.3, -0.25) is 19.3 Å². The van der Waals surface area contributed by atoms with Crippen molar-refractivity contribution in [2.24, 2.45) is 0 Å². The first-order chi connectivity index (χ1) is 15.6. The van der Waals surface area contributed by atoms with E-state index in [2.05, 4.69) is 0 Å². The molecule has 0 spiro atoms. The number of hydrogen-bond donors (Lipinski definition) is 0. The first-order valence-electron chi connectivity index (χ1n) is 10.8. The zero-order valence-electron chi connectivity index (χ0n) is 18.2. The zero-order valence-corrected chi connectivity index (χ0v) is 18.2. The number of amides is 3. The monoisotopic (exact) mass is 435 g/mol. The van der Waals surface area contributed by atoms with Crippen molar-refractivity contribution in [3.8, 4) is 11.5 Å². The summed E-state index contributed by atoms with van der Waals surface area (Å²) in [7, 11) is 3.01. The van der Waals surface area contributed by atoms with E-state index >= 15 is 0 Å². The molecule has 1 unspecified atom stereocenters.